The summed E-state index contributed by atoms with van der Waals surface area (Å²) in [5.74, 6) is 1.54. The van der Waals surface area contributed by atoms with E-state index in [1.807, 2.05) is 0 Å². The van der Waals surface area contributed by atoms with Gasteiger partial charge in [0.15, 0.2) is 5.82 Å². The van der Waals surface area contributed by atoms with Gasteiger partial charge in [0.2, 0.25) is 5.95 Å². The first-order valence-electron chi connectivity index (χ1n) is 7.55. The number of nitrogens with zero attached hydrogens (tertiary/aromatic N) is 5. The lowest BCUT2D eigenvalue weighted by atomic mass is 9.94. The van der Waals surface area contributed by atoms with E-state index in [4.69, 9.17) is 5.11 Å². The minimum absolute atomic E-state index is 0.191. The van der Waals surface area contributed by atoms with Gasteiger partial charge in [-0.05, 0) is 25.5 Å². The molecule has 1 saturated heterocycles. The quantitative estimate of drug-likeness (QED) is 0.857. The molecule has 1 unspecified atom stereocenters. The third kappa shape index (κ3) is 3.55. The summed E-state index contributed by atoms with van der Waals surface area (Å²) in [6, 6.07) is 1.77. The molecule has 7 nitrogen and oxygen atoms in total. The molecule has 7 heteroatoms. The van der Waals surface area contributed by atoms with E-state index in [2.05, 4.69) is 30.2 Å². The second-order valence-corrected chi connectivity index (χ2v) is 5.35. The van der Waals surface area contributed by atoms with Gasteiger partial charge in [-0.25, -0.2) is 15.0 Å². The van der Waals surface area contributed by atoms with E-state index in [-0.39, 0.29) is 6.61 Å². The molecular formula is C15H20N6O. The van der Waals surface area contributed by atoms with E-state index >= 15 is 0 Å². The van der Waals surface area contributed by atoms with Gasteiger partial charge in [-0.1, -0.05) is 0 Å². The van der Waals surface area contributed by atoms with Crippen molar-refractivity contribution in [2.45, 2.75) is 18.8 Å². The van der Waals surface area contributed by atoms with Crippen molar-refractivity contribution < 1.29 is 5.11 Å². The Bertz CT molecular complexity index is 592. The van der Waals surface area contributed by atoms with Gasteiger partial charge in [-0.2, -0.15) is 0 Å². The van der Waals surface area contributed by atoms with Crippen molar-refractivity contribution in [3.63, 3.8) is 0 Å². The predicted molar refractivity (Wildman–Crippen MR) is 82.8 cm³/mol. The predicted octanol–water partition coefficient (Wildman–Crippen LogP) is 1.18. The summed E-state index contributed by atoms with van der Waals surface area (Å²) in [4.78, 5) is 19.5. The number of rotatable bonds is 5. The maximum Gasteiger partial charge on any atom is 0.228 e. The molecule has 0 spiro atoms. The van der Waals surface area contributed by atoms with Crippen LogP contribution in [0.15, 0.2) is 30.9 Å². The van der Waals surface area contributed by atoms with Crippen LogP contribution in [0.4, 0.5) is 11.8 Å². The number of anilines is 2. The summed E-state index contributed by atoms with van der Waals surface area (Å²) in [6.07, 6.45) is 8.94. The van der Waals surface area contributed by atoms with E-state index in [0.717, 1.165) is 31.6 Å². The summed E-state index contributed by atoms with van der Waals surface area (Å²) in [6.45, 7) is 2.82. The van der Waals surface area contributed by atoms with Crippen LogP contribution in [0.3, 0.4) is 0 Å². The van der Waals surface area contributed by atoms with E-state index in [0.29, 0.717) is 24.2 Å². The van der Waals surface area contributed by atoms with Gasteiger partial charge in [0.1, 0.15) is 0 Å². The number of aliphatic hydroxyl groups is 1. The smallest absolute Gasteiger partial charge is 0.228 e. The molecule has 0 saturated carbocycles. The molecule has 2 aromatic heterocycles. The van der Waals surface area contributed by atoms with Crippen molar-refractivity contribution in [2.24, 2.45) is 0 Å². The first kappa shape index (κ1) is 14.8. The Hall–Kier alpha value is -2.12. The number of hydrogen-bond donors (Lipinski definition) is 2. The number of piperidine rings is 1. The molecule has 3 rings (SSSR count). The van der Waals surface area contributed by atoms with Crippen molar-refractivity contribution in [2.75, 3.05) is 31.6 Å². The first-order chi connectivity index (χ1) is 10.9. The number of hydrogen-bond acceptors (Lipinski definition) is 7. The summed E-state index contributed by atoms with van der Waals surface area (Å²) < 4.78 is 0. The van der Waals surface area contributed by atoms with E-state index < -0.39 is 0 Å². The third-order valence-corrected chi connectivity index (χ3v) is 3.83. The highest BCUT2D eigenvalue weighted by Crippen LogP contribution is 2.29. The van der Waals surface area contributed by atoms with Crippen LogP contribution in [0, 0.1) is 0 Å². The summed E-state index contributed by atoms with van der Waals surface area (Å²) in [5, 5.41) is 12.3. The zero-order valence-electron chi connectivity index (χ0n) is 12.4. The van der Waals surface area contributed by atoms with Crippen LogP contribution in [0.2, 0.25) is 0 Å². The lowest BCUT2D eigenvalue weighted by Crippen LogP contribution is -2.36. The molecule has 0 radical (unpaired) electrons. The van der Waals surface area contributed by atoms with Crippen molar-refractivity contribution >= 4 is 11.8 Å². The number of aromatic nitrogens is 4. The standard InChI is InChI=1S/C15H20N6O/c22-10-9-21-8-1-3-12(11-21)13-14(17-7-6-16-13)20-15-18-4-2-5-19-15/h2,4-7,12,22H,1,3,8-11H2,(H,17,18,19,20). The molecule has 1 fully saturated rings. The van der Waals surface area contributed by atoms with E-state index in [1.165, 1.54) is 0 Å². The zero-order valence-corrected chi connectivity index (χ0v) is 12.4. The average molecular weight is 300 g/mol. The molecule has 2 N–H and O–H groups in total. The molecule has 1 aliphatic rings. The fourth-order valence-corrected chi connectivity index (χ4v) is 2.84. The van der Waals surface area contributed by atoms with E-state index in [9.17, 15) is 0 Å². The van der Waals surface area contributed by atoms with Crippen molar-refractivity contribution in [3.8, 4) is 0 Å². The van der Waals surface area contributed by atoms with Crippen LogP contribution in [0.1, 0.15) is 24.5 Å². The van der Waals surface area contributed by atoms with E-state index in [1.54, 1.807) is 30.9 Å². The maximum atomic E-state index is 9.13. The van der Waals surface area contributed by atoms with Gasteiger partial charge in [-0.15, -0.1) is 0 Å². The normalized spacial score (nSPS) is 19.0. The Morgan fingerprint density at radius 3 is 2.77 bits per heavy atom. The lowest BCUT2D eigenvalue weighted by molar-refractivity contribution is 0.160. The van der Waals surface area contributed by atoms with Crippen LogP contribution in [0.25, 0.3) is 0 Å². The molecule has 2 aromatic rings. The molecule has 3 heterocycles. The number of β-amino-alcohol motifs (C(OH)–C–C–N with tert-alkyl or cyclic N) is 1. The molecule has 0 bridgehead atoms. The minimum Gasteiger partial charge on any atom is -0.395 e. The number of nitrogens with one attached hydrogen (secondary N) is 1. The Balaban J connectivity index is 1.78. The van der Waals surface area contributed by atoms with Crippen molar-refractivity contribution in [1.29, 1.82) is 0 Å². The van der Waals surface area contributed by atoms with Crippen molar-refractivity contribution in [1.82, 2.24) is 24.8 Å². The van der Waals surface area contributed by atoms with Gasteiger partial charge in [-0.3, -0.25) is 4.98 Å². The zero-order chi connectivity index (χ0) is 15.2. The van der Waals surface area contributed by atoms with Gasteiger partial charge >= 0.3 is 0 Å². The third-order valence-electron chi connectivity index (χ3n) is 3.83. The second kappa shape index (κ2) is 7.24. The topological polar surface area (TPSA) is 87.1 Å². The molecule has 1 aliphatic heterocycles. The van der Waals surface area contributed by atoms with Crippen LogP contribution >= 0.6 is 0 Å². The molecule has 116 valence electrons. The molecule has 0 amide bonds. The van der Waals surface area contributed by atoms with Crippen LogP contribution in [0.5, 0.6) is 0 Å². The van der Waals surface area contributed by atoms with Crippen LogP contribution in [-0.4, -0.2) is 56.2 Å². The molecular weight excluding hydrogens is 280 g/mol. The first-order valence-corrected chi connectivity index (χ1v) is 7.55. The molecule has 0 aromatic carbocycles. The Kier molecular flexibility index (Phi) is 4.87. The minimum atomic E-state index is 0.191. The summed E-state index contributed by atoms with van der Waals surface area (Å²) in [7, 11) is 0. The van der Waals surface area contributed by atoms with Crippen molar-refractivity contribution in [3.05, 3.63) is 36.5 Å². The maximum absolute atomic E-state index is 9.13. The van der Waals surface area contributed by atoms with Gasteiger partial charge in [0.25, 0.3) is 0 Å². The fourth-order valence-electron chi connectivity index (χ4n) is 2.84. The van der Waals surface area contributed by atoms with Gasteiger partial charge in [0, 0.05) is 43.8 Å². The highest BCUT2D eigenvalue weighted by molar-refractivity contribution is 5.51. The molecule has 0 aliphatic carbocycles. The summed E-state index contributed by atoms with van der Waals surface area (Å²) in [5.41, 5.74) is 0.942. The lowest BCUT2D eigenvalue weighted by Gasteiger charge is -2.32. The van der Waals surface area contributed by atoms with Crippen LogP contribution < -0.4 is 5.32 Å². The fraction of sp³-hybridized carbons (Fsp3) is 0.467. The molecule has 1 atom stereocenters. The van der Waals surface area contributed by atoms with Gasteiger partial charge in [0.05, 0.1) is 12.3 Å². The van der Waals surface area contributed by atoms with Gasteiger partial charge < -0.3 is 15.3 Å². The second-order valence-electron chi connectivity index (χ2n) is 5.35. The average Bonchev–Trinajstić information content (AvgIpc) is 2.57. The monoisotopic (exact) mass is 300 g/mol. The number of aliphatic hydroxyl groups excluding tert-OH is 1. The Morgan fingerprint density at radius 2 is 1.95 bits per heavy atom. The van der Waals surface area contributed by atoms with Crippen LogP contribution in [-0.2, 0) is 0 Å². The largest absolute Gasteiger partial charge is 0.395 e. The highest BCUT2D eigenvalue weighted by atomic mass is 16.3. The Morgan fingerprint density at radius 1 is 1.14 bits per heavy atom. The number of likely N-dealkylation sites (tertiary alicyclic amines) is 1. The highest BCUT2D eigenvalue weighted by Gasteiger charge is 2.24. The Labute approximate surface area is 129 Å². The summed E-state index contributed by atoms with van der Waals surface area (Å²) >= 11 is 0. The molecule has 22 heavy (non-hydrogen) atoms. The SMILES string of the molecule is OCCN1CCCC(c2nccnc2Nc2ncccn2)C1.